The van der Waals surface area contributed by atoms with E-state index in [9.17, 15) is 32.7 Å². The molecule has 7 nitrogen and oxygen atoms in total. The lowest BCUT2D eigenvalue weighted by Crippen LogP contribution is -2.58. The molecule has 4 fully saturated rings. The summed E-state index contributed by atoms with van der Waals surface area (Å²) < 4.78 is 41.0. The van der Waals surface area contributed by atoms with Crippen molar-refractivity contribution in [2.75, 3.05) is 13.2 Å². The van der Waals surface area contributed by atoms with Gasteiger partial charge in [-0.05, 0) is 50.4 Å². The van der Waals surface area contributed by atoms with Gasteiger partial charge in [0.15, 0.2) is 6.61 Å². The zero-order chi connectivity index (χ0) is 19.2. The molecule has 0 radical (unpaired) electrons. The van der Waals surface area contributed by atoms with E-state index in [4.69, 9.17) is 4.74 Å². The molecule has 4 saturated carbocycles. The van der Waals surface area contributed by atoms with Gasteiger partial charge in [-0.3, -0.25) is 14.9 Å². The van der Waals surface area contributed by atoms with E-state index in [0.717, 1.165) is 6.42 Å². The van der Waals surface area contributed by atoms with E-state index in [1.54, 1.807) is 5.32 Å². The van der Waals surface area contributed by atoms with Crippen LogP contribution in [0.5, 0.6) is 0 Å². The lowest BCUT2D eigenvalue weighted by molar-refractivity contribution is -0.196. The van der Waals surface area contributed by atoms with Crippen LogP contribution in [-0.2, 0) is 14.3 Å². The van der Waals surface area contributed by atoms with Crippen LogP contribution in [0, 0.1) is 17.3 Å². The fourth-order valence-electron chi connectivity index (χ4n) is 5.12. The molecule has 0 aromatic rings. The van der Waals surface area contributed by atoms with Crippen LogP contribution in [0.25, 0.3) is 0 Å². The van der Waals surface area contributed by atoms with Crippen LogP contribution >= 0.6 is 0 Å². The van der Waals surface area contributed by atoms with E-state index in [-0.39, 0.29) is 11.8 Å². The number of amides is 3. The van der Waals surface area contributed by atoms with Gasteiger partial charge in [-0.15, -0.1) is 0 Å². The molecule has 4 aliphatic rings. The zero-order valence-electron chi connectivity index (χ0n) is 14.0. The molecular formula is C16H21F3N2O5. The average molecular weight is 378 g/mol. The molecule has 3 N–H and O–H groups in total. The van der Waals surface area contributed by atoms with Crippen molar-refractivity contribution >= 4 is 17.9 Å². The zero-order valence-corrected chi connectivity index (χ0v) is 14.0. The number of esters is 1. The Labute approximate surface area is 147 Å². The molecule has 0 spiro atoms. The smallest absolute Gasteiger partial charge is 0.405 e. The topological polar surface area (TPSA) is 105 Å². The lowest BCUT2D eigenvalue weighted by atomic mass is 9.48. The number of imide groups is 1. The van der Waals surface area contributed by atoms with Gasteiger partial charge in [-0.25, -0.2) is 4.79 Å². The third kappa shape index (κ3) is 4.11. The van der Waals surface area contributed by atoms with Crippen molar-refractivity contribution in [2.45, 2.75) is 50.3 Å². The molecule has 0 aromatic heterocycles. The molecule has 26 heavy (non-hydrogen) atoms. The van der Waals surface area contributed by atoms with Crippen LogP contribution in [0.1, 0.15) is 38.5 Å². The number of carbonyl (C=O) groups excluding carboxylic acids is 3. The van der Waals surface area contributed by atoms with E-state index < -0.39 is 48.3 Å². The number of rotatable bonds is 4. The third-order valence-electron chi connectivity index (χ3n) is 5.50. The molecule has 4 rings (SSSR count). The maximum Gasteiger partial charge on any atom is 0.405 e. The first-order chi connectivity index (χ1) is 12.0. The number of alkyl halides is 3. The average Bonchev–Trinajstić information content (AvgIpc) is 2.47. The van der Waals surface area contributed by atoms with Crippen molar-refractivity contribution in [3.05, 3.63) is 0 Å². The van der Waals surface area contributed by atoms with Crippen molar-refractivity contribution in [3.8, 4) is 0 Å². The van der Waals surface area contributed by atoms with Gasteiger partial charge in [0.2, 0.25) is 0 Å². The first kappa shape index (κ1) is 18.9. The standard InChI is InChI=1S/C16H21F3N2O5/c17-16(18,19)8-20-13(24)21-11(22)6-26-12(23)14-2-9-1-10(3-14)5-15(25,4-9)7-14/h9-10,25H,1-8H2,(H2,20,21,22,24)/t9-,10-,14?,15?/m1/s1. The highest BCUT2D eigenvalue weighted by molar-refractivity contribution is 5.95. The Hall–Kier alpha value is -1.84. The second-order valence-electron chi connectivity index (χ2n) is 7.89. The van der Waals surface area contributed by atoms with Crippen LogP contribution < -0.4 is 10.6 Å². The largest absolute Gasteiger partial charge is 0.455 e. The third-order valence-corrected chi connectivity index (χ3v) is 5.50. The van der Waals surface area contributed by atoms with Crippen LogP contribution in [-0.4, -0.2) is 47.9 Å². The molecule has 2 atom stereocenters. The first-order valence-electron chi connectivity index (χ1n) is 8.53. The van der Waals surface area contributed by atoms with Gasteiger partial charge in [0.05, 0.1) is 11.0 Å². The minimum absolute atomic E-state index is 0.260. The monoisotopic (exact) mass is 378 g/mol. The molecule has 4 bridgehead atoms. The Morgan fingerprint density at radius 1 is 1.12 bits per heavy atom. The second kappa shape index (κ2) is 6.40. The quantitative estimate of drug-likeness (QED) is 0.639. The molecule has 0 heterocycles. The Morgan fingerprint density at radius 3 is 2.27 bits per heavy atom. The first-order valence-corrected chi connectivity index (χ1v) is 8.53. The molecule has 146 valence electrons. The SMILES string of the molecule is O=C(COC(=O)C12C[C@H]3C[C@@H](CC(O)(C3)C1)C2)NC(=O)NCC(F)(F)F. The summed E-state index contributed by atoms with van der Waals surface area (Å²) in [4.78, 5) is 35.3. The lowest BCUT2D eigenvalue weighted by Gasteiger charge is -2.58. The van der Waals surface area contributed by atoms with E-state index in [0.29, 0.717) is 32.1 Å². The van der Waals surface area contributed by atoms with Crippen molar-refractivity contribution in [1.29, 1.82) is 0 Å². The van der Waals surface area contributed by atoms with Gasteiger partial charge < -0.3 is 15.2 Å². The highest BCUT2D eigenvalue weighted by Crippen LogP contribution is 2.61. The summed E-state index contributed by atoms with van der Waals surface area (Å²) in [5.41, 5.74) is -1.67. The van der Waals surface area contributed by atoms with Crippen LogP contribution in [0.15, 0.2) is 0 Å². The van der Waals surface area contributed by atoms with Gasteiger partial charge in [0.25, 0.3) is 5.91 Å². The van der Waals surface area contributed by atoms with Crippen molar-refractivity contribution < 1.29 is 37.4 Å². The number of aliphatic hydroxyl groups is 1. The van der Waals surface area contributed by atoms with Crippen LogP contribution in [0.3, 0.4) is 0 Å². The summed E-state index contributed by atoms with van der Waals surface area (Å²) in [6.45, 7) is -2.33. The molecule has 3 amide bonds. The van der Waals surface area contributed by atoms with Crippen LogP contribution in [0.2, 0.25) is 0 Å². The van der Waals surface area contributed by atoms with E-state index in [1.165, 1.54) is 5.32 Å². The fourth-order valence-corrected chi connectivity index (χ4v) is 5.12. The van der Waals surface area contributed by atoms with Gasteiger partial charge in [-0.1, -0.05) is 0 Å². The molecule has 10 heteroatoms. The summed E-state index contributed by atoms with van der Waals surface area (Å²) in [5, 5.41) is 13.8. The number of halogens is 3. The summed E-state index contributed by atoms with van der Waals surface area (Å²) in [5.74, 6) is -1.08. The van der Waals surface area contributed by atoms with Crippen molar-refractivity contribution in [1.82, 2.24) is 10.6 Å². The van der Waals surface area contributed by atoms with Gasteiger partial charge in [0.1, 0.15) is 6.54 Å². The fraction of sp³-hybridized carbons (Fsp3) is 0.812. The van der Waals surface area contributed by atoms with E-state index >= 15 is 0 Å². The second-order valence-corrected chi connectivity index (χ2v) is 7.89. The predicted octanol–water partition coefficient (Wildman–Crippen LogP) is 1.25. The maximum absolute atomic E-state index is 12.5. The number of urea groups is 1. The Morgan fingerprint density at radius 2 is 1.73 bits per heavy atom. The number of ether oxygens (including phenoxy) is 1. The Bertz CT molecular complexity index is 607. The summed E-state index contributed by atoms with van der Waals surface area (Å²) >= 11 is 0. The molecule has 0 aliphatic heterocycles. The number of carbonyl (C=O) groups is 3. The summed E-state index contributed by atoms with van der Waals surface area (Å²) in [7, 11) is 0. The molecule has 0 unspecified atom stereocenters. The number of hydrogen-bond acceptors (Lipinski definition) is 5. The van der Waals surface area contributed by atoms with E-state index in [2.05, 4.69) is 0 Å². The molecule has 0 saturated heterocycles. The van der Waals surface area contributed by atoms with E-state index in [1.807, 2.05) is 0 Å². The number of hydrogen-bond donors (Lipinski definition) is 3. The minimum Gasteiger partial charge on any atom is -0.455 e. The van der Waals surface area contributed by atoms with Gasteiger partial charge >= 0.3 is 18.2 Å². The van der Waals surface area contributed by atoms with Gasteiger partial charge in [0, 0.05) is 0 Å². The summed E-state index contributed by atoms with van der Waals surface area (Å²) in [6.07, 6.45) is -0.726. The van der Waals surface area contributed by atoms with Crippen LogP contribution in [0.4, 0.5) is 18.0 Å². The number of nitrogens with one attached hydrogen (secondary N) is 2. The van der Waals surface area contributed by atoms with Crippen molar-refractivity contribution in [2.24, 2.45) is 17.3 Å². The predicted molar refractivity (Wildman–Crippen MR) is 80.6 cm³/mol. The molecule has 0 aromatic carbocycles. The minimum atomic E-state index is -4.59. The Kier molecular flexibility index (Phi) is 4.66. The highest BCUT2D eigenvalue weighted by atomic mass is 19.4. The Balaban J connectivity index is 1.48. The molecular weight excluding hydrogens is 357 g/mol. The summed E-state index contributed by atoms with van der Waals surface area (Å²) in [6, 6.07) is -1.31. The highest BCUT2D eigenvalue weighted by Gasteiger charge is 2.60. The molecule has 4 aliphatic carbocycles. The normalized spacial score (nSPS) is 35.1. The maximum atomic E-state index is 12.5. The van der Waals surface area contributed by atoms with Crippen molar-refractivity contribution in [3.63, 3.8) is 0 Å². The van der Waals surface area contributed by atoms with Gasteiger partial charge in [-0.2, -0.15) is 13.2 Å².